The Kier molecular flexibility index (Phi) is 9.07. The van der Waals surface area contributed by atoms with Crippen LogP contribution in [0.15, 0.2) is 0 Å². The maximum atomic E-state index is 2.37. The van der Waals surface area contributed by atoms with Gasteiger partial charge in [-0.1, -0.05) is 80.1 Å². The molecule has 0 heterocycles. The van der Waals surface area contributed by atoms with E-state index in [-0.39, 0.29) is 2.85 Å². The standard InChI is InChI=1S/C8H16.C8H18.2H2/c1-7-3-5-8(2)6-4-7;1-7(2)5-6-8(3)4;;/h7-8H,3-6H2,1-2H3;7-8H,5-6H2,1-4H3;2*1H. The van der Waals surface area contributed by atoms with Crippen LogP contribution in [0.5, 0.6) is 0 Å². The highest BCUT2D eigenvalue weighted by molar-refractivity contribution is 4.65. The normalized spacial score (nSPS) is 25.5. The largest absolute Gasteiger partial charge is 0.0628 e. The molecule has 1 fully saturated rings. The van der Waals surface area contributed by atoms with E-state index in [1.54, 1.807) is 0 Å². The molecule has 1 rings (SSSR count). The summed E-state index contributed by atoms with van der Waals surface area (Å²) in [6, 6.07) is 0. The maximum absolute atomic E-state index is 2.37. The summed E-state index contributed by atoms with van der Waals surface area (Å²) in [6.45, 7) is 13.9. The second-order valence-electron chi connectivity index (χ2n) is 6.73. The molecule has 0 radical (unpaired) electrons. The van der Waals surface area contributed by atoms with E-state index in [0.29, 0.717) is 0 Å². The summed E-state index contributed by atoms with van der Waals surface area (Å²) in [6.07, 6.45) is 8.67. The zero-order chi connectivity index (χ0) is 12.6. The summed E-state index contributed by atoms with van der Waals surface area (Å²) in [5.74, 6) is 3.81. The molecule has 1 saturated carbocycles. The zero-order valence-electron chi connectivity index (χ0n) is 12.6. The summed E-state index contributed by atoms with van der Waals surface area (Å²) >= 11 is 0. The third-order valence-electron chi connectivity index (χ3n) is 3.63. The lowest BCUT2D eigenvalue weighted by molar-refractivity contribution is 0.308. The van der Waals surface area contributed by atoms with Crippen molar-refractivity contribution in [3.63, 3.8) is 0 Å². The van der Waals surface area contributed by atoms with Gasteiger partial charge in [0.1, 0.15) is 0 Å². The third kappa shape index (κ3) is 10.5. The monoisotopic (exact) mass is 230 g/mol. The minimum Gasteiger partial charge on any atom is -0.0628 e. The molecule has 0 N–H and O–H groups in total. The van der Waals surface area contributed by atoms with E-state index in [4.69, 9.17) is 0 Å². The average molecular weight is 230 g/mol. The highest BCUT2D eigenvalue weighted by Crippen LogP contribution is 2.27. The van der Waals surface area contributed by atoms with E-state index in [2.05, 4.69) is 41.5 Å². The SMILES string of the molecule is CC(C)CCC(C)C.CC1CCC(C)CC1.[HH].[HH]. The van der Waals surface area contributed by atoms with Crippen molar-refractivity contribution in [2.24, 2.45) is 23.7 Å². The molecule has 102 valence electrons. The van der Waals surface area contributed by atoms with Gasteiger partial charge >= 0.3 is 0 Å². The van der Waals surface area contributed by atoms with Gasteiger partial charge in [-0.2, -0.15) is 0 Å². The molecule has 0 aliphatic heterocycles. The van der Waals surface area contributed by atoms with E-state index in [1.807, 2.05) is 0 Å². The van der Waals surface area contributed by atoms with Crippen molar-refractivity contribution < 1.29 is 2.85 Å². The first-order valence-corrected chi connectivity index (χ1v) is 7.41. The second-order valence-corrected chi connectivity index (χ2v) is 6.73. The van der Waals surface area contributed by atoms with E-state index in [1.165, 1.54) is 38.5 Å². The van der Waals surface area contributed by atoms with Crippen LogP contribution in [0, 0.1) is 23.7 Å². The Bertz CT molecular complexity index is 129. The molecule has 0 saturated heterocycles. The maximum Gasteiger partial charge on any atom is 0 e. The van der Waals surface area contributed by atoms with Crippen LogP contribution in [0.25, 0.3) is 0 Å². The van der Waals surface area contributed by atoms with Crippen molar-refractivity contribution in [1.82, 2.24) is 0 Å². The Morgan fingerprint density at radius 2 is 1.00 bits per heavy atom. The van der Waals surface area contributed by atoms with Gasteiger partial charge in [0.15, 0.2) is 0 Å². The van der Waals surface area contributed by atoms with Crippen LogP contribution in [-0.2, 0) is 0 Å². The van der Waals surface area contributed by atoms with Crippen molar-refractivity contribution in [2.45, 2.75) is 80.1 Å². The lowest BCUT2D eigenvalue weighted by Gasteiger charge is -2.22. The predicted octanol–water partition coefficient (Wildman–Crippen LogP) is 6.40. The van der Waals surface area contributed by atoms with E-state index in [0.717, 1.165) is 23.7 Å². The highest BCUT2D eigenvalue weighted by Gasteiger charge is 2.13. The van der Waals surface area contributed by atoms with Gasteiger partial charge in [0.2, 0.25) is 0 Å². The fourth-order valence-electron chi connectivity index (χ4n) is 2.09. The fraction of sp³-hybridized carbons (Fsp3) is 1.00. The van der Waals surface area contributed by atoms with Crippen LogP contribution >= 0.6 is 0 Å². The van der Waals surface area contributed by atoms with Crippen molar-refractivity contribution in [2.75, 3.05) is 0 Å². The van der Waals surface area contributed by atoms with E-state index < -0.39 is 0 Å². The van der Waals surface area contributed by atoms with Gasteiger partial charge in [-0.25, -0.2) is 0 Å². The average Bonchev–Trinajstić information content (AvgIpc) is 2.20. The number of hydrogen-bond acceptors (Lipinski definition) is 0. The fourth-order valence-corrected chi connectivity index (χ4v) is 2.09. The van der Waals surface area contributed by atoms with Gasteiger partial charge in [0, 0.05) is 2.85 Å². The molecule has 16 heavy (non-hydrogen) atoms. The summed E-state index contributed by atoms with van der Waals surface area (Å²) in [7, 11) is 0. The Labute approximate surface area is 107 Å². The molecular formula is C16H38. The third-order valence-corrected chi connectivity index (χ3v) is 3.63. The molecule has 1 aliphatic carbocycles. The van der Waals surface area contributed by atoms with Crippen molar-refractivity contribution in [3.05, 3.63) is 0 Å². The molecule has 1 aliphatic rings. The first-order chi connectivity index (χ1) is 7.41. The van der Waals surface area contributed by atoms with Crippen molar-refractivity contribution in [1.29, 1.82) is 0 Å². The molecule has 0 unspecified atom stereocenters. The minimum atomic E-state index is 0. The van der Waals surface area contributed by atoms with Crippen molar-refractivity contribution in [3.8, 4) is 0 Å². The zero-order valence-corrected chi connectivity index (χ0v) is 12.6. The van der Waals surface area contributed by atoms with Crippen LogP contribution in [0.4, 0.5) is 0 Å². The minimum absolute atomic E-state index is 0. The number of rotatable bonds is 3. The van der Waals surface area contributed by atoms with Crippen LogP contribution in [0.3, 0.4) is 0 Å². The molecule has 0 nitrogen and oxygen atoms in total. The smallest absolute Gasteiger partial charge is 0 e. The Balaban J connectivity index is -0.000000225. The molecule has 0 aromatic heterocycles. The topological polar surface area (TPSA) is 0 Å². The molecule has 0 amide bonds. The molecule has 0 aromatic rings. The van der Waals surface area contributed by atoms with Crippen LogP contribution < -0.4 is 0 Å². The first kappa shape index (κ1) is 16.0. The van der Waals surface area contributed by atoms with Gasteiger partial charge in [-0.15, -0.1) is 0 Å². The lowest BCUT2D eigenvalue weighted by Crippen LogP contribution is -2.08. The Morgan fingerprint density at radius 1 is 0.750 bits per heavy atom. The molecule has 0 bridgehead atoms. The highest BCUT2D eigenvalue weighted by atomic mass is 14.2. The molecule has 0 heteroatoms. The van der Waals surface area contributed by atoms with Crippen LogP contribution in [0.2, 0.25) is 0 Å². The number of hydrogen-bond donors (Lipinski definition) is 0. The van der Waals surface area contributed by atoms with Crippen LogP contribution in [-0.4, -0.2) is 0 Å². The molecule has 0 aromatic carbocycles. The predicted molar refractivity (Wildman–Crippen MR) is 79.9 cm³/mol. The quantitative estimate of drug-likeness (QED) is 0.526. The van der Waals surface area contributed by atoms with Gasteiger partial charge in [0.05, 0.1) is 0 Å². The molecular weight excluding hydrogens is 192 g/mol. The summed E-state index contributed by atoms with van der Waals surface area (Å²) in [5.41, 5.74) is 0. The van der Waals surface area contributed by atoms with E-state index >= 15 is 0 Å². The van der Waals surface area contributed by atoms with Crippen LogP contribution in [0.1, 0.15) is 82.9 Å². The van der Waals surface area contributed by atoms with Gasteiger partial charge in [0.25, 0.3) is 0 Å². The van der Waals surface area contributed by atoms with Crippen molar-refractivity contribution >= 4 is 0 Å². The van der Waals surface area contributed by atoms with E-state index in [9.17, 15) is 0 Å². The first-order valence-electron chi connectivity index (χ1n) is 7.41. The Hall–Kier alpha value is 0. The lowest BCUT2D eigenvalue weighted by atomic mass is 9.84. The summed E-state index contributed by atoms with van der Waals surface area (Å²) in [4.78, 5) is 0. The van der Waals surface area contributed by atoms with Gasteiger partial charge in [-0.05, 0) is 23.7 Å². The summed E-state index contributed by atoms with van der Waals surface area (Å²) in [5, 5.41) is 0. The molecule has 0 atom stereocenters. The Morgan fingerprint density at radius 3 is 1.19 bits per heavy atom. The van der Waals surface area contributed by atoms with Gasteiger partial charge in [-0.3, -0.25) is 0 Å². The summed E-state index contributed by atoms with van der Waals surface area (Å²) < 4.78 is 0. The second kappa shape index (κ2) is 9.07. The van der Waals surface area contributed by atoms with Gasteiger partial charge < -0.3 is 0 Å². The molecule has 0 spiro atoms.